The zero-order valence-corrected chi connectivity index (χ0v) is 9.83. The lowest BCUT2D eigenvalue weighted by Gasteiger charge is -2.32. The molecule has 0 bridgehead atoms. The van der Waals surface area contributed by atoms with Gasteiger partial charge in [-0.3, -0.25) is 14.7 Å². The quantitative estimate of drug-likeness (QED) is 0.765. The number of aromatic amines is 1. The first-order valence-corrected chi connectivity index (χ1v) is 5.74. The maximum Gasteiger partial charge on any atom is 0.306 e. The van der Waals surface area contributed by atoms with Crippen molar-refractivity contribution in [2.45, 2.75) is 18.9 Å². The largest absolute Gasteiger partial charge is 0.481 e. The number of ether oxygens (including phenoxy) is 1. The van der Waals surface area contributed by atoms with Crippen LogP contribution in [0.3, 0.4) is 0 Å². The molecule has 7 nitrogen and oxygen atoms in total. The molecule has 1 aromatic rings. The second-order valence-corrected chi connectivity index (χ2v) is 4.19. The molecule has 0 saturated carbocycles. The molecule has 1 atom stereocenters. The summed E-state index contributed by atoms with van der Waals surface area (Å²) in [4.78, 5) is 24.2. The average Bonchev–Trinajstić information content (AvgIpc) is 2.81. The zero-order chi connectivity index (χ0) is 13.0. The molecule has 1 aromatic heterocycles. The number of amides is 1. The van der Waals surface area contributed by atoms with Crippen LogP contribution in [0.5, 0.6) is 0 Å². The molecule has 1 aliphatic heterocycles. The maximum atomic E-state index is 12.0. The van der Waals surface area contributed by atoms with Gasteiger partial charge in [0.1, 0.15) is 0 Å². The van der Waals surface area contributed by atoms with E-state index in [4.69, 9.17) is 9.84 Å². The third-order valence-electron chi connectivity index (χ3n) is 2.79. The molecular formula is C11H15N3O4. The van der Waals surface area contributed by atoms with Crippen LogP contribution in [-0.2, 0) is 20.7 Å². The Bertz CT molecular complexity index is 418. The molecular weight excluding hydrogens is 238 g/mol. The van der Waals surface area contributed by atoms with E-state index in [2.05, 4.69) is 10.2 Å². The number of carboxylic acids is 1. The second-order valence-electron chi connectivity index (χ2n) is 4.19. The third-order valence-corrected chi connectivity index (χ3v) is 2.79. The molecule has 1 amide bonds. The van der Waals surface area contributed by atoms with Crippen LogP contribution in [0, 0.1) is 0 Å². The van der Waals surface area contributed by atoms with Gasteiger partial charge in [0.2, 0.25) is 5.91 Å². The van der Waals surface area contributed by atoms with E-state index >= 15 is 0 Å². The predicted octanol–water partition coefficient (Wildman–Crippen LogP) is -0.346. The Kier molecular flexibility index (Phi) is 3.93. The van der Waals surface area contributed by atoms with E-state index in [-0.39, 0.29) is 18.7 Å². The summed E-state index contributed by atoms with van der Waals surface area (Å²) in [6.45, 7) is 1.22. The minimum absolute atomic E-state index is 0.0436. The van der Waals surface area contributed by atoms with Gasteiger partial charge < -0.3 is 14.7 Å². The van der Waals surface area contributed by atoms with Crippen molar-refractivity contribution in [1.29, 1.82) is 0 Å². The highest BCUT2D eigenvalue weighted by molar-refractivity contribution is 5.78. The fraction of sp³-hybridized carbons (Fsp3) is 0.545. The monoisotopic (exact) mass is 253 g/mol. The first-order chi connectivity index (χ1) is 8.65. The number of nitrogens with one attached hydrogen (secondary N) is 1. The number of morpholine rings is 1. The summed E-state index contributed by atoms with van der Waals surface area (Å²) in [5, 5.41) is 15.2. The predicted molar refractivity (Wildman–Crippen MR) is 60.9 cm³/mol. The van der Waals surface area contributed by atoms with E-state index in [0.717, 1.165) is 5.69 Å². The van der Waals surface area contributed by atoms with Crippen molar-refractivity contribution in [2.75, 3.05) is 19.7 Å². The first-order valence-electron chi connectivity index (χ1n) is 5.74. The number of hydrogen-bond acceptors (Lipinski definition) is 4. The molecule has 0 radical (unpaired) electrons. The van der Waals surface area contributed by atoms with E-state index < -0.39 is 12.1 Å². The summed E-state index contributed by atoms with van der Waals surface area (Å²) in [5.74, 6) is -0.958. The Morgan fingerprint density at radius 2 is 2.44 bits per heavy atom. The Balaban J connectivity index is 1.88. The number of nitrogens with zero attached hydrogens (tertiary/aromatic N) is 2. The van der Waals surface area contributed by atoms with Crippen molar-refractivity contribution in [3.8, 4) is 0 Å². The molecule has 0 aromatic carbocycles. The highest BCUT2D eigenvalue weighted by Gasteiger charge is 2.25. The molecule has 1 aliphatic rings. The minimum Gasteiger partial charge on any atom is -0.481 e. The Morgan fingerprint density at radius 3 is 3.11 bits per heavy atom. The van der Waals surface area contributed by atoms with Gasteiger partial charge >= 0.3 is 5.97 Å². The SMILES string of the molecule is O=C(O)CC1CN(C(=O)Cc2ccn[nH]2)CCO1. The number of hydrogen-bond donors (Lipinski definition) is 2. The number of carbonyl (C=O) groups is 2. The highest BCUT2D eigenvalue weighted by atomic mass is 16.5. The standard InChI is InChI=1S/C11H15N3O4/c15-10(5-8-1-2-12-13-8)14-3-4-18-9(7-14)6-11(16)17/h1-2,9H,3-7H2,(H,12,13)(H,16,17). The van der Waals surface area contributed by atoms with Gasteiger partial charge in [0.15, 0.2) is 0 Å². The van der Waals surface area contributed by atoms with Crippen molar-refractivity contribution in [3.63, 3.8) is 0 Å². The molecule has 2 N–H and O–H groups in total. The smallest absolute Gasteiger partial charge is 0.306 e. The molecule has 18 heavy (non-hydrogen) atoms. The van der Waals surface area contributed by atoms with Crippen molar-refractivity contribution in [1.82, 2.24) is 15.1 Å². The third kappa shape index (κ3) is 3.30. The fourth-order valence-electron chi connectivity index (χ4n) is 1.92. The summed E-state index contributed by atoms with van der Waals surface area (Å²) < 4.78 is 5.31. The van der Waals surface area contributed by atoms with E-state index in [1.54, 1.807) is 17.2 Å². The van der Waals surface area contributed by atoms with Crippen molar-refractivity contribution in [2.24, 2.45) is 0 Å². The highest BCUT2D eigenvalue weighted by Crippen LogP contribution is 2.10. The van der Waals surface area contributed by atoms with Gasteiger partial charge in [-0.1, -0.05) is 0 Å². The Hall–Kier alpha value is -1.89. The van der Waals surface area contributed by atoms with Crippen molar-refractivity contribution >= 4 is 11.9 Å². The van der Waals surface area contributed by atoms with Gasteiger partial charge in [-0.15, -0.1) is 0 Å². The zero-order valence-electron chi connectivity index (χ0n) is 9.83. The summed E-state index contributed by atoms with van der Waals surface area (Å²) in [7, 11) is 0. The van der Waals surface area contributed by atoms with Crippen LogP contribution in [0.1, 0.15) is 12.1 Å². The topological polar surface area (TPSA) is 95.5 Å². The van der Waals surface area contributed by atoms with Crippen molar-refractivity contribution in [3.05, 3.63) is 18.0 Å². The lowest BCUT2D eigenvalue weighted by atomic mass is 10.2. The summed E-state index contributed by atoms with van der Waals surface area (Å²) in [6, 6.07) is 1.74. The number of carboxylic acid groups (broad SMARTS) is 1. The van der Waals surface area contributed by atoms with Gasteiger partial charge in [0.05, 0.1) is 25.6 Å². The molecule has 98 valence electrons. The molecule has 2 heterocycles. The molecule has 0 aliphatic carbocycles. The molecule has 1 fully saturated rings. The van der Waals surface area contributed by atoms with Crippen LogP contribution in [0.15, 0.2) is 12.3 Å². The Morgan fingerprint density at radius 1 is 1.61 bits per heavy atom. The average molecular weight is 253 g/mol. The van der Waals surface area contributed by atoms with Gasteiger partial charge in [0, 0.05) is 25.0 Å². The number of rotatable bonds is 4. The second kappa shape index (κ2) is 5.63. The molecule has 7 heteroatoms. The van der Waals surface area contributed by atoms with Crippen LogP contribution in [0.2, 0.25) is 0 Å². The summed E-state index contributed by atoms with van der Waals surface area (Å²) >= 11 is 0. The van der Waals surface area contributed by atoms with Gasteiger partial charge in [-0.05, 0) is 6.07 Å². The van der Waals surface area contributed by atoms with Gasteiger partial charge in [0.25, 0.3) is 0 Å². The minimum atomic E-state index is -0.914. The van der Waals surface area contributed by atoms with Crippen LogP contribution in [-0.4, -0.2) is 57.9 Å². The normalized spacial score (nSPS) is 19.8. The van der Waals surface area contributed by atoms with Crippen LogP contribution < -0.4 is 0 Å². The van der Waals surface area contributed by atoms with Crippen LogP contribution in [0.25, 0.3) is 0 Å². The Labute approximate surface area is 104 Å². The molecule has 0 spiro atoms. The van der Waals surface area contributed by atoms with E-state index in [1.165, 1.54) is 0 Å². The number of H-pyrrole nitrogens is 1. The lowest BCUT2D eigenvalue weighted by Crippen LogP contribution is -2.46. The lowest BCUT2D eigenvalue weighted by molar-refractivity contribution is -0.147. The number of aromatic nitrogens is 2. The fourth-order valence-corrected chi connectivity index (χ4v) is 1.92. The maximum absolute atomic E-state index is 12.0. The molecule has 2 rings (SSSR count). The van der Waals surface area contributed by atoms with Gasteiger partial charge in [-0.2, -0.15) is 5.10 Å². The summed E-state index contributed by atoms with van der Waals surface area (Å²) in [6.07, 6.45) is 1.35. The number of carbonyl (C=O) groups excluding carboxylic acids is 1. The van der Waals surface area contributed by atoms with E-state index in [0.29, 0.717) is 19.7 Å². The number of aliphatic carboxylic acids is 1. The molecule has 1 unspecified atom stereocenters. The van der Waals surface area contributed by atoms with E-state index in [1.807, 2.05) is 0 Å². The van der Waals surface area contributed by atoms with Gasteiger partial charge in [-0.25, -0.2) is 0 Å². The first kappa shape index (κ1) is 12.6. The van der Waals surface area contributed by atoms with Crippen molar-refractivity contribution < 1.29 is 19.4 Å². The molecule has 1 saturated heterocycles. The summed E-state index contributed by atoms with van der Waals surface area (Å²) in [5.41, 5.74) is 0.751. The van der Waals surface area contributed by atoms with Crippen LogP contribution in [0.4, 0.5) is 0 Å². The van der Waals surface area contributed by atoms with Crippen LogP contribution >= 0.6 is 0 Å². The van der Waals surface area contributed by atoms with E-state index in [9.17, 15) is 9.59 Å².